The van der Waals surface area contributed by atoms with Crippen molar-refractivity contribution < 1.29 is 0 Å². The Kier molecular flexibility index (Phi) is 3.57. The van der Waals surface area contributed by atoms with Crippen LogP contribution in [0, 0.1) is 0 Å². The molecule has 98 valence electrons. The van der Waals surface area contributed by atoms with Crippen molar-refractivity contribution in [1.29, 1.82) is 0 Å². The summed E-state index contributed by atoms with van der Waals surface area (Å²) in [7, 11) is 6.23. The quantitative estimate of drug-likeness (QED) is 0.699. The largest absolute Gasteiger partial charge is 0.309 e. The minimum Gasteiger partial charge on any atom is -0.309 e. The Morgan fingerprint density at radius 2 is 1.84 bits per heavy atom. The molecule has 1 heterocycles. The van der Waals surface area contributed by atoms with Crippen molar-refractivity contribution in [2.75, 3.05) is 10.8 Å². The Hall–Kier alpha value is -0.960. The summed E-state index contributed by atoms with van der Waals surface area (Å²) in [5.74, 6) is 0. The van der Waals surface area contributed by atoms with Crippen LogP contribution in [-0.2, 0) is 0 Å². The second-order valence-corrected chi connectivity index (χ2v) is 6.93. The van der Waals surface area contributed by atoms with Gasteiger partial charge in [-0.2, -0.15) is 0 Å². The summed E-state index contributed by atoms with van der Waals surface area (Å²) in [5.41, 5.74) is 3.49. The molecule has 0 aliphatic carbocycles. The average molecular weight is 310 g/mol. The summed E-state index contributed by atoms with van der Waals surface area (Å²) in [6, 6.07) is 16.3. The van der Waals surface area contributed by atoms with Gasteiger partial charge in [-0.15, -0.1) is 0 Å². The second-order valence-electron chi connectivity index (χ2n) is 4.29. The highest BCUT2D eigenvalue weighted by atomic mass is 35.7. The summed E-state index contributed by atoms with van der Waals surface area (Å²) >= 11 is 6.14. The number of hydrogen-bond acceptors (Lipinski definition) is 1. The van der Waals surface area contributed by atoms with E-state index in [9.17, 15) is 0 Å². The Morgan fingerprint density at radius 1 is 1.11 bits per heavy atom. The van der Waals surface area contributed by atoms with E-state index in [1.165, 1.54) is 16.1 Å². The Bertz CT molecular complexity index is 652. The average Bonchev–Trinajstić information content (AvgIpc) is 2.70. The molecule has 4 heteroatoms. The maximum absolute atomic E-state index is 6.67. The van der Waals surface area contributed by atoms with Crippen LogP contribution in [0.15, 0.2) is 48.5 Å². The van der Waals surface area contributed by atoms with Crippen molar-refractivity contribution in [3.8, 4) is 0 Å². The lowest BCUT2D eigenvalue weighted by atomic mass is 10.0. The van der Waals surface area contributed by atoms with Crippen molar-refractivity contribution in [3.63, 3.8) is 0 Å². The number of anilines is 1. The van der Waals surface area contributed by atoms with Gasteiger partial charge in [0, 0.05) is 31.9 Å². The summed E-state index contributed by atoms with van der Waals surface area (Å²) in [4.78, 5) is 1.17. The molecule has 0 fully saturated rings. The van der Waals surface area contributed by atoms with Crippen LogP contribution in [0.5, 0.6) is 0 Å². The normalized spacial score (nSPS) is 17.7. The van der Waals surface area contributed by atoms with E-state index in [-0.39, 0.29) is 0 Å². The van der Waals surface area contributed by atoms with Gasteiger partial charge in [0.05, 0.1) is 5.69 Å². The first-order valence-corrected chi connectivity index (χ1v) is 8.51. The third-order valence-corrected chi connectivity index (χ3v) is 5.99. The molecular formula is C15H13Cl2NS. The van der Waals surface area contributed by atoms with Crippen LogP contribution in [0.3, 0.4) is 0 Å². The van der Waals surface area contributed by atoms with Crippen LogP contribution in [0.2, 0.25) is 5.02 Å². The van der Waals surface area contributed by atoms with Gasteiger partial charge in [-0.25, -0.2) is 0 Å². The van der Waals surface area contributed by atoms with Crippen molar-refractivity contribution in [1.82, 2.24) is 0 Å². The standard InChI is InChI=1S/C15H13Cl2NS/c1-2-18-14-9-8-12(16)10-13(14)15(19(18)17)11-6-4-3-5-7-11/h3-10H,2H2,1H3. The highest BCUT2D eigenvalue weighted by Crippen LogP contribution is 2.46. The van der Waals surface area contributed by atoms with Gasteiger partial charge in [-0.3, -0.25) is 0 Å². The number of hydrogen-bond donors (Lipinski definition) is 0. The third kappa shape index (κ3) is 2.18. The Balaban J connectivity index is 2.24. The summed E-state index contributed by atoms with van der Waals surface area (Å²) in [6.45, 7) is 3.01. The van der Waals surface area contributed by atoms with Crippen LogP contribution in [-0.4, -0.2) is 11.4 Å². The van der Waals surface area contributed by atoms with Crippen LogP contribution in [0.4, 0.5) is 5.69 Å². The van der Waals surface area contributed by atoms with E-state index in [4.69, 9.17) is 22.3 Å². The Labute approximate surface area is 125 Å². The van der Waals surface area contributed by atoms with E-state index in [0.717, 1.165) is 17.1 Å². The number of rotatable bonds is 2. The van der Waals surface area contributed by atoms with Gasteiger partial charge in [0.1, 0.15) is 0 Å². The van der Waals surface area contributed by atoms with Crippen molar-refractivity contribution >= 4 is 42.7 Å². The SMILES string of the molecule is CCN1c2ccc(Cl)cc2C(c2ccccc2)=S1Cl. The fourth-order valence-electron chi connectivity index (χ4n) is 2.32. The molecular weight excluding hydrogens is 297 g/mol. The molecule has 1 atom stereocenters. The van der Waals surface area contributed by atoms with E-state index in [1.54, 1.807) is 0 Å². The van der Waals surface area contributed by atoms with Crippen molar-refractivity contribution in [2.45, 2.75) is 6.92 Å². The predicted molar refractivity (Wildman–Crippen MR) is 87.6 cm³/mol. The number of fused-ring (bicyclic) bond motifs is 1. The molecule has 1 nitrogen and oxygen atoms in total. The van der Waals surface area contributed by atoms with E-state index in [2.05, 4.69) is 29.4 Å². The van der Waals surface area contributed by atoms with Crippen LogP contribution < -0.4 is 4.31 Å². The highest BCUT2D eigenvalue weighted by molar-refractivity contribution is 8.36. The molecule has 0 amide bonds. The maximum Gasteiger partial charge on any atom is 0.0561 e. The monoisotopic (exact) mass is 309 g/mol. The van der Waals surface area contributed by atoms with Gasteiger partial charge in [0.25, 0.3) is 0 Å². The first-order chi connectivity index (χ1) is 9.22. The zero-order chi connectivity index (χ0) is 13.4. The molecule has 2 aromatic rings. The summed E-state index contributed by atoms with van der Waals surface area (Å²) < 4.78 is 2.22. The van der Waals surface area contributed by atoms with Crippen molar-refractivity contribution in [3.05, 3.63) is 64.7 Å². The molecule has 1 aliphatic rings. The lowest BCUT2D eigenvalue weighted by Crippen LogP contribution is -2.10. The van der Waals surface area contributed by atoms with Gasteiger partial charge >= 0.3 is 0 Å². The molecule has 0 radical (unpaired) electrons. The first kappa shape index (κ1) is 13.0. The topological polar surface area (TPSA) is 3.24 Å². The smallest absolute Gasteiger partial charge is 0.0561 e. The number of nitrogens with zero attached hydrogens (tertiary/aromatic N) is 1. The first-order valence-electron chi connectivity index (χ1n) is 6.13. The molecule has 1 unspecified atom stereocenters. The molecule has 3 rings (SSSR count). The summed E-state index contributed by atoms with van der Waals surface area (Å²) in [6.07, 6.45) is 0. The highest BCUT2D eigenvalue weighted by Gasteiger charge is 2.27. The van der Waals surface area contributed by atoms with Crippen LogP contribution in [0.1, 0.15) is 18.1 Å². The molecule has 0 saturated carbocycles. The molecule has 0 spiro atoms. The fourth-order valence-corrected chi connectivity index (χ4v) is 4.98. The van der Waals surface area contributed by atoms with E-state index >= 15 is 0 Å². The lowest BCUT2D eigenvalue weighted by molar-refractivity contribution is 1.12. The predicted octanol–water partition coefficient (Wildman–Crippen LogP) is 5.09. The molecule has 19 heavy (non-hydrogen) atoms. The molecule has 0 bridgehead atoms. The Morgan fingerprint density at radius 3 is 2.53 bits per heavy atom. The van der Waals surface area contributed by atoms with Gasteiger partial charge < -0.3 is 4.31 Å². The van der Waals surface area contributed by atoms with Gasteiger partial charge in [-0.1, -0.05) is 41.9 Å². The van der Waals surface area contributed by atoms with Crippen LogP contribution >= 0.6 is 32.2 Å². The minimum atomic E-state index is -0.441. The molecule has 0 aromatic heterocycles. The van der Waals surface area contributed by atoms with E-state index in [1.807, 2.05) is 30.3 Å². The fraction of sp³-hybridized carbons (Fsp3) is 0.133. The van der Waals surface area contributed by atoms with E-state index < -0.39 is 9.88 Å². The number of benzene rings is 2. The summed E-state index contributed by atoms with van der Waals surface area (Å²) in [5, 5.41) is 0.749. The third-order valence-electron chi connectivity index (χ3n) is 3.16. The lowest BCUT2D eigenvalue weighted by Gasteiger charge is -2.17. The molecule has 2 aromatic carbocycles. The van der Waals surface area contributed by atoms with Gasteiger partial charge in [0.2, 0.25) is 0 Å². The van der Waals surface area contributed by atoms with Gasteiger partial charge in [-0.05, 0) is 41.4 Å². The zero-order valence-corrected chi connectivity index (χ0v) is 12.8. The second kappa shape index (κ2) is 5.20. The molecule has 0 saturated heterocycles. The van der Waals surface area contributed by atoms with Gasteiger partial charge in [0.15, 0.2) is 0 Å². The molecule has 1 aliphatic heterocycles. The molecule has 0 N–H and O–H groups in total. The minimum absolute atomic E-state index is 0.441. The number of halogens is 2. The van der Waals surface area contributed by atoms with Crippen LogP contribution in [0.25, 0.3) is 0 Å². The maximum atomic E-state index is 6.67. The van der Waals surface area contributed by atoms with E-state index in [0.29, 0.717) is 0 Å². The van der Waals surface area contributed by atoms with Crippen molar-refractivity contribution in [2.24, 2.45) is 0 Å². The zero-order valence-electron chi connectivity index (χ0n) is 10.4.